The molecule has 0 aromatic carbocycles. The summed E-state index contributed by atoms with van der Waals surface area (Å²) in [4.78, 5) is 24.6. The number of Topliss-reactive ketones (excluding diaryl/α,β-unsaturated/α-hetero) is 1. The van der Waals surface area contributed by atoms with Gasteiger partial charge >= 0.3 is 0 Å². The zero-order chi connectivity index (χ0) is 19.3. The molecule has 8 atom stereocenters. The molecule has 1 unspecified atom stereocenters. The lowest BCUT2D eigenvalue weighted by molar-refractivity contribution is -0.239. The van der Waals surface area contributed by atoms with E-state index < -0.39 is 5.79 Å². The highest BCUT2D eigenvalue weighted by molar-refractivity contribution is 5.85. The molecule has 1 N–H and O–H groups in total. The topological polar surface area (TPSA) is 77.2 Å². The zero-order valence-electron chi connectivity index (χ0n) is 16.6. The van der Waals surface area contributed by atoms with Crippen molar-refractivity contribution in [3.63, 3.8) is 0 Å². The van der Waals surface area contributed by atoms with Gasteiger partial charge in [-0.15, -0.1) is 0 Å². The van der Waals surface area contributed by atoms with Gasteiger partial charge < -0.3 is 19.5 Å². The van der Waals surface area contributed by atoms with Gasteiger partial charge in [0.2, 0.25) is 6.41 Å². The highest BCUT2D eigenvalue weighted by Gasteiger charge is 2.72. The van der Waals surface area contributed by atoms with Gasteiger partial charge in [0.25, 0.3) is 0 Å². The van der Waals surface area contributed by atoms with Crippen LogP contribution in [0, 0.1) is 28.6 Å². The quantitative estimate of drug-likeness (QED) is 0.445. The van der Waals surface area contributed by atoms with Crippen LogP contribution in [0.25, 0.3) is 0 Å². The predicted octanol–water partition coefficient (Wildman–Crippen LogP) is 1.97. The Balaban J connectivity index is 1.38. The molecule has 0 radical (unpaired) electrons. The van der Waals surface area contributed by atoms with E-state index in [0.29, 0.717) is 37.3 Å². The summed E-state index contributed by atoms with van der Waals surface area (Å²) in [6.07, 6.45) is 7.51. The fourth-order valence-electron chi connectivity index (χ4n) is 8.03. The van der Waals surface area contributed by atoms with Crippen molar-refractivity contribution < 1.29 is 23.8 Å². The first-order valence-electron chi connectivity index (χ1n) is 10.8. The lowest BCUT2D eigenvalue weighted by Crippen LogP contribution is -2.60. The number of hydrogen-bond donors (Lipinski definition) is 1. The number of epoxide rings is 1. The second kappa shape index (κ2) is 5.46. The number of fused-ring (bicyclic) bond motifs is 8. The highest BCUT2D eigenvalue weighted by Crippen LogP contribution is 2.69. The van der Waals surface area contributed by atoms with E-state index in [0.717, 1.165) is 32.1 Å². The SMILES string of the molecule is C[C@@]12C(=C[C@H](NC=O)[C@@H]3O[C@@H]31)CCC1[C@@H]2C(=O)C[C@@]2(C)[C@H]1CCC21OCCO1. The Morgan fingerprint density at radius 1 is 1.21 bits per heavy atom. The number of rotatable bonds is 2. The maximum absolute atomic E-state index is 13.7. The molecule has 1 spiro atoms. The van der Waals surface area contributed by atoms with Crippen LogP contribution in [0.5, 0.6) is 0 Å². The van der Waals surface area contributed by atoms with E-state index in [1.54, 1.807) is 0 Å². The Labute approximate surface area is 165 Å². The molecule has 0 aromatic rings. The molecule has 2 aliphatic heterocycles. The van der Waals surface area contributed by atoms with Crippen LogP contribution < -0.4 is 5.32 Å². The number of ether oxygens (including phenoxy) is 3. The van der Waals surface area contributed by atoms with Crippen molar-refractivity contribution >= 4 is 12.2 Å². The number of carbonyl (C=O) groups is 2. The summed E-state index contributed by atoms with van der Waals surface area (Å²) < 4.78 is 18.4. The maximum Gasteiger partial charge on any atom is 0.207 e. The van der Waals surface area contributed by atoms with Crippen molar-refractivity contribution in [1.82, 2.24) is 5.32 Å². The van der Waals surface area contributed by atoms with Gasteiger partial charge in [0.1, 0.15) is 11.9 Å². The van der Waals surface area contributed by atoms with Gasteiger partial charge in [-0.05, 0) is 31.1 Å². The third-order valence-corrected chi connectivity index (χ3v) is 9.26. The van der Waals surface area contributed by atoms with Crippen LogP contribution in [0.1, 0.15) is 46.0 Å². The molecule has 2 heterocycles. The van der Waals surface area contributed by atoms with Crippen LogP contribution in [-0.2, 0) is 23.8 Å². The molecule has 6 rings (SSSR count). The minimum Gasteiger partial charge on any atom is -0.366 e. The number of carbonyl (C=O) groups excluding carboxylic acids is 2. The molecule has 2 saturated heterocycles. The Kier molecular flexibility index (Phi) is 3.44. The second-order valence-corrected chi connectivity index (χ2v) is 10.1. The summed E-state index contributed by atoms with van der Waals surface area (Å²) >= 11 is 0. The third kappa shape index (κ3) is 1.90. The molecular weight excluding hydrogens is 358 g/mol. The van der Waals surface area contributed by atoms with Crippen molar-refractivity contribution in [2.24, 2.45) is 28.6 Å². The lowest BCUT2D eigenvalue weighted by Gasteiger charge is -2.57. The van der Waals surface area contributed by atoms with Gasteiger partial charge in [0.15, 0.2) is 5.79 Å². The average Bonchev–Trinajstić information content (AvgIpc) is 3.25. The number of ketones is 1. The van der Waals surface area contributed by atoms with E-state index in [9.17, 15) is 9.59 Å². The molecule has 6 heteroatoms. The smallest absolute Gasteiger partial charge is 0.207 e. The molecule has 1 amide bonds. The minimum atomic E-state index is -0.556. The van der Waals surface area contributed by atoms with Gasteiger partial charge in [-0.1, -0.05) is 25.5 Å². The van der Waals surface area contributed by atoms with Crippen LogP contribution >= 0.6 is 0 Å². The normalized spacial score (nSPS) is 52.9. The minimum absolute atomic E-state index is 0.00862. The summed E-state index contributed by atoms with van der Waals surface area (Å²) in [5.41, 5.74) is 0.851. The summed E-state index contributed by atoms with van der Waals surface area (Å²) in [5.74, 6) is 0.623. The van der Waals surface area contributed by atoms with E-state index in [1.165, 1.54) is 5.57 Å². The van der Waals surface area contributed by atoms with E-state index in [-0.39, 0.29) is 35.0 Å². The molecule has 152 valence electrons. The summed E-state index contributed by atoms with van der Waals surface area (Å²) in [6, 6.07) is -0.0545. The zero-order valence-corrected chi connectivity index (χ0v) is 16.6. The van der Waals surface area contributed by atoms with Crippen molar-refractivity contribution in [3.8, 4) is 0 Å². The van der Waals surface area contributed by atoms with E-state index in [4.69, 9.17) is 14.2 Å². The van der Waals surface area contributed by atoms with Crippen molar-refractivity contribution in [2.75, 3.05) is 13.2 Å². The summed E-state index contributed by atoms with van der Waals surface area (Å²) in [6.45, 7) is 5.75. The maximum atomic E-state index is 13.7. The van der Waals surface area contributed by atoms with Crippen molar-refractivity contribution in [1.29, 1.82) is 0 Å². The molecular formula is C22H29NO5. The van der Waals surface area contributed by atoms with Crippen LogP contribution in [-0.4, -0.2) is 49.4 Å². The first-order valence-corrected chi connectivity index (χ1v) is 10.8. The van der Waals surface area contributed by atoms with Crippen LogP contribution in [0.15, 0.2) is 11.6 Å². The third-order valence-electron chi connectivity index (χ3n) is 9.26. The monoisotopic (exact) mass is 387 g/mol. The lowest BCUT2D eigenvalue weighted by atomic mass is 9.46. The number of nitrogens with one attached hydrogen (secondary N) is 1. The Morgan fingerprint density at radius 3 is 2.75 bits per heavy atom. The molecule has 28 heavy (non-hydrogen) atoms. The van der Waals surface area contributed by atoms with Crippen molar-refractivity contribution in [3.05, 3.63) is 11.6 Å². The molecule has 5 fully saturated rings. The van der Waals surface area contributed by atoms with E-state index in [1.807, 2.05) is 0 Å². The Bertz CT molecular complexity index is 773. The average molecular weight is 387 g/mol. The highest BCUT2D eigenvalue weighted by atomic mass is 16.7. The number of amides is 1. The van der Waals surface area contributed by atoms with Gasteiger partial charge in [-0.2, -0.15) is 0 Å². The van der Waals surface area contributed by atoms with E-state index >= 15 is 0 Å². The molecule has 6 nitrogen and oxygen atoms in total. The second-order valence-electron chi connectivity index (χ2n) is 10.1. The number of hydrogen-bond acceptors (Lipinski definition) is 5. The van der Waals surface area contributed by atoms with Crippen LogP contribution in [0.3, 0.4) is 0 Å². The first kappa shape index (κ1) is 17.6. The molecule has 0 aromatic heterocycles. The summed E-state index contributed by atoms with van der Waals surface area (Å²) in [5, 5.41) is 2.89. The fraction of sp³-hybridized carbons (Fsp3) is 0.818. The van der Waals surface area contributed by atoms with E-state index in [2.05, 4.69) is 25.2 Å². The van der Waals surface area contributed by atoms with Crippen molar-refractivity contribution in [2.45, 2.75) is 70.0 Å². The Hall–Kier alpha value is -1.24. The molecule has 3 saturated carbocycles. The largest absolute Gasteiger partial charge is 0.366 e. The fourth-order valence-corrected chi connectivity index (χ4v) is 8.03. The molecule has 0 bridgehead atoms. The standard InChI is InChI=1S/C22H29NO5/c1-20-10-16(25)17-13(14(20)5-6-22(20)26-7-8-27-22)4-3-12-9-15(23-11-24)18-19(28-18)21(12,17)2/h9,11,13-15,17-19H,3-8,10H2,1-2H3,(H,23,24)/t13?,14-,15-,17+,18-,19-,20-,21-/m0/s1. The van der Waals surface area contributed by atoms with Crippen LogP contribution in [0.2, 0.25) is 0 Å². The molecule has 6 aliphatic rings. The Morgan fingerprint density at radius 2 is 2.00 bits per heavy atom. The van der Waals surface area contributed by atoms with Crippen LogP contribution in [0.4, 0.5) is 0 Å². The first-order chi connectivity index (χ1) is 13.4. The van der Waals surface area contributed by atoms with Gasteiger partial charge in [0, 0.05) is 29.6 Å². The van der Waals surface area contributed by atoms with Gasteiger partial charge in [-0.3, -0.25) is 9.59 Å². The van der Waals surface area contributed by atoms with Gasteiger partial charge in [-0.25, -0.2) is 0 Å². The predicted molar refractivity (Wildman–Crippen MR) is 99.1 cm³/mol. The summed E-state index contributed by atoms with van der Waals surface area (Å²) in [7, 11) is 0. The molecule has 4 aliphatic carbocycles. The van der Waals surface area contributed by atoms with Gasteiger partial charge in [0.05, 0.1) is 25.4 Å².